The van der Waals surface area contributed by atoms with Gasteiger partial charge in [-0.2, -0.15) is 0 Å². The van der Waals surface area contributed by atoms with Gasteiger partial charge in [-0.25, -0.2) is 4.98 Å². The van der Waals surface area contributed by atoms with Crippen molar-refractivity contribution in [2.75, 3.05) is 11.1 Å². The number of nitrogens with zero attached hydrogens (tertiary/aromatic N) is 3. The van der Waals surface area contributed by atoms with E-state index in [-0.39, 0.29) is 11.7 Å². The number of thiazole rings is 1. The predicted octanol–water partition coefficient (Wildman–Crippen LogP) is 3.33. The Hall–Kier alpha value is -2.25. The van der Waals surface area contributed by atoms with Gasteiger partial charge in [0, 0.05) is 17.1 Å². The molecule has 3 rings (SSSR count). The quantitative estimate of drug-likeness (QED) is 0.728. The van der Waals surface area contributed by atoms with Gasteiger partial charge in [-0.3, -0.25) is 4.79 Å². The molecule has 0 saturated heterocycles. The summed E-state index contributed by atoms with van der Waals surface area (Å²) in [4.78, 5) is 15.8. The maximum atomic E-state index is 11.8. The SMILES string of the molecule is O=C(CSc1ccc(-c2ccccc2)nn1)Nc1nccs1. The van der Waals surface area contributed by atoms with E-state index in [0.29, 0.717) is 10.2 Å². The van der Waals surface area contributed by atoms with Gasteiger partial charge in [0.25, 0.3) is 0 Å². The lowest BCUT2D eigenvalue weighted by Gasteiger charge is -2.03. The summed E-state index contributed by atoms with van der Waals surface area (Å²) in [6.45, 7) is 0. The summed E-state index contributed by atoms with van der Waals surface area (Å²) in [5.41, 5.74) is 1.84. The van der Waals surface area contributed by atoms with Crippen molar-refractivity contribution in [1.82, 2.24) is 15.2 Å². The van der Waals surface area contributed by atoms with Crippen molar-refractivity contribution in [2.24, 2.45) is 0 Å². The number of carbonyl (C=O) groups excluding carboxylic acids is 1. The third kappa shape index (κ3) is 3.90. The number of anilines is 1. The Labute approximate surface area is 135 Å². The number of amides is 1. The molecule has 0 aliphatic heterocycles. The van der Waals surface area contributed by atoms with E-state index in [4.69, 9.17) is 0 Å². The second kappa shape index (κ2) is 7.15. The van der Waals surface area contributed by atoms with E-state index in [9.17, 15) is 4.79 Å². The van der Waals surface area contributed by atoms with Gasteiger partial charge in [-0.05, 0) is 12.1 Å². The first-order chi connectivity index (χ1) is 10.8. The van der Waals surface area contributed by atoms with Gasteiger partial charge >= 0.3 is 0 Å². The number of nitrogens with one attached hydrogen (secondary N) is 1. The molecule has 2 heterocycles. The molecule has 1 aromatic carbocycles. The average molecular weight is 328 g/mol. The molecule has 0 unspecified atom stereocenters. The first-order valence-corrected chi connectivity index (χ1v) is 8.39. The van der Waals surface area contributed by atoms with E-state index in [1.165, 1.54) is 23.1 Å². The minimum absolute atomic E-state index is 0.103. The van der Waals surface area contributed by atoms with Crippen molar-refractivity contribution in [1.29, 1.82) is 0 Å². The van der Waals surface area contributed by atoms with Gasteiger partial charge < -0.3 is 5.32 Å². The van der Waals surface area contributed by atoms with E-state index in [1.807, 2.05) is 47.8 Å². The summed E-state index contributed by atoms with van der Waals surface area (Å²) in [5, 5.41) is 14.2. The van der Waals surface area contributed by atoms with Crippen LogP contribution in [0.4, 0.5) is 5.13 Å². The van der Waals surface area contributed by atoms with Crippen LogP contribution in [-0.2, 0) is 4.79 Å². The van der Waals surface area contributed by atoms with Crippen LogP contribution in [0.5, 0.6) is 0 Å². The molecule has 0 aliphatic carbocycles. The van der Waals surface area contributed by atoms with Crippen molar-refractivity contribution >= 4 is 34.1 Å². The molecule has 7 heteroatoms. The van der Waals surface area contributed by atoms with Crippen LogP contribution < -0.4 is 5.32 Å². The smallest absolute Gasteiger partial charge is 0.236 e. The van der Waals surface area contributed by atoms with Crippen LogP contribution in [0.25, 0.3) is 11.3 Å². The molecule has 2 aromatic heterocycles. The summed E-state index contributed by atoms with van der Waals surface area (Å²) >= 11 is 2.74. The first kappa shape index (κ1) is 14.7. The number of rotatable bonds is 5. The van der Waals surface area contributed by atoms with Gasteiger partial charge in [0.05, 0.1) is 11.4 Å². The molecule has 0 spiro atoms. The van der Waals surface area contributed by atoms with Crippen LogP contribution in [0.2, 0.25) is 0 Å². The molecule has 22 heavy (non-hydrogen) atoms. The maximum Gasteiger partial charge on any atom is 0.236 e. The summed E-state index contributed by atoms with van der Waals surface area (Å²) in [5.74, 6) is 0.174. The van der Waals surface area contributed by atoms with Gasteiger partial charge in [0.2, 0.25) is 5.91 Å². The van der Waals surface area contributed by atoms with Gasteiger partial charge in [-0.1, -0.05) is 42.1 Å². The van der Waals surface area contributed by atoms with Gasteiger partial charge in [-0.15, -0.1) is 21.5 Å². The Bertz CT molecular complexity index is 730. The van der Waals surface area contributed by atoms with Crippen LogP contribution in [0.3, 0.4) is 0 Å². The van der Waals surface area contributed by atoms with Gasteiger partial charge in [0.1, 0.15) is 5.03 Å². The number of thioether (sulfide) groups is 1. The lowest BCUT2D eigenvalue weighted by Crippen LogP contribution is -2.13. The Morgan fingerprint density at radius 3 is 2.68 bits per heavy atom. The average Bonchev–Trinajstić information content (AvgIpc) is 3.07. The van der Waals surface area contributed by atoms with E-state index in [1.54, 1.807) is 6.20 Å². The zero-order valence-corrected chi connectivity index (χ0v) is 13.1. The van der Waals surface area contributed by atoms with E-state index in [0.717, 1.165) is 11.3 Å². The molecular formula is C15H12N4OS2. The number of hydrogen-bond acceptors (Lipinski definition) is 6. The zero-order chi connectivity index (χ0) is 15.2. The lowest BCUT2D eigenvalue weighted by atomic mass is 10.1. The summed E-state index contributed by atoms with van der Waals surface area (Å²) in [6, 6.07) is 13.6. The maximum absolute atomic E-state index is 11.8. The highest BCUT2D eigenvalue weighted by Gasteiger charge is 2.07. The Morgan fingerprint density at radius 2 is 2.00 bits per heavy atom. The van der Waals surface area contributed by atoms with Crippen molar-refractivity contribution in [3.63, 3.8) is 0 Å². The van der Waals surface area contributed by atoms with E-state index >= 15 is 0 Å². The fourth-order valence-electron chi connectivity index (χ4n) is 1.74. The van der Waals surface area contributed by atoms with E-state index < -0.39 is 0 Å². The third-order valence-corrected chi connectivity index (χ3v) is 4.35. The number of benzene rings is 1. The Balaban J connectivity index is 1.56. The lowest BCUT2D eigenvalue weighted by molar-refractivity contribution is -0.113. The van der Waals surface area contributed by atoms with Gasteiger partial charge in [0.15, 0.2) is 5.13 Å². The summed E-state index contributed by atoms with van der Waals surface area (Å²) < 4.78 is 0. The molecule has 0 saturated carbocycles. The minimum atomic E-state index is -0.103. The largest absolute Gasteiger partial charge is 0.301 e. The monoisotopic (exact) mass is 328 g/mol. The molecule has 1 N–H and O–H groups in total. The molecule has 0 radical (unpaired) electrons. The highest BCUT2D eigenvalue weighted by Crippen LogP contribution is 2.20. The van der Waals surface area contributed by atoms with Crippen molar-refractivity contribution in [3.05, 3.63) is 54.0 Å². The Morgan fingerprint density at radius 1 is 1.14 bits per heavy atom. The first-order valence-electron chi connectivity index (χ1n) is 6.52. The van der Waals surface area contributed by atoms with Crippen LogP contribution in [0.1, 0.15) is 0 Å². The number of hydrogen-bond donors (Lipinski definition) is 1. The van der Waals surface area contributed by atoms with E-state index in [2.05, 4.69) is 20.5 Å². The normalized spacial score (nSPS) is 10.4. The molecule has 0 bridgehead atoms. The number of aromatic nitrogens is 3. The molecule has 5 nitrogen and oxygen atoms in total. The minimum Gasteiger partial charge on any atom is -0.301 e. The van der Waals surface area contributed by atoms with Crippen LogP contribution in [0.15, 0.2) is 59.1 Å². The van der Waals surface area contributed by atoms with Crippen LogP contribution in [0, 0.1) is 0 Å². The summed E-state index contributed by atoms with van der Waals surface area (Å²) in [7, 11) is 0. The topological polar surface area (TPSA) is 67.8 Å². The molecule has 1 amide bonds. The van der Waals surface area contributed by atoms with Crippen molar-refractivity contribution < 1.29 is 4.79 Å². The standard InChI is InChI=1S/C15H12N4OS2/c20-13(17-15-16-8-9-21-15)10-22-14-7-6-12(18-19-14)11-4-2-1-3-5-11/h1-9H,10H2,(H,16,17,20). The predicted molar refractivity (Wildman–Crippen MR) is 88.9 cm³/mol. The fourth-order valence-corrected chi connectivity index (χ4v) is 2.90. The molecule has 0 fully saturated rings. The zero-order valence-electron chi connectivity index (χ0n) is 11.5. The molecule has 110 valence electrons. The molecule has 3 aromatic rings. The molecule has 0 atom stereocenters. The highest BCUT2D eigenvalue weighted by molar-refractivity contribution is 7.99. The van der Waals surface area contributed by atoms with Crippen LogP contribution >= 0.6 is 23.1 Å². The highest BCUT2D eigenvalue weighted by atomic mass is 32.2. The third-order valence-electron chi connectivity index (χ3n) is 2.74. The summed E-state index contributed by atoms with van der Waals surface area (Å²) in [6.07, 6.45) is 1.65. The second-order valence-corrected chi connectivity index (χ2v) is 6.19. The fraction of sp³-hybridized carbons (Fsp3) is 0.0667. The number of carbonyl (C=O) groups is 1. The second-order valence-electron chi connectivity index (χ2n) is 4.30. The van der Waals surface area contributed by atoms with Crippen LogP contribution in [-0.4, -0.2) is 26.8 Å². The molecular weight excluding hydrogens is 316 g/mol. The van der Waals surface area contributed by atoms with Crippen molar-refractivity contribution in [2.45, 2.75) is 5.03 Å². The molecule has 0 aliphatic rings. The van der Waals surface area contributed by atoms with Crippen molar-refractivity contribution in [3.8, 4) is 11.3 Å². The Kier molecular flexibility index (Phi) is 4.77.